The number of benzene rings is 7. The quantitative estimate of drug-likeness (QED) is 0.177. The van der Waals surface area contributed by atoms with Crippen molar-refractivity contribution in [1.29, 1.82) is 15.8 Å². The van der Waals surface area contributed by atoms with Crippen molar-refractivity contribution in [3.05, 3.63) is 187 Å². The molecule has 6 nitrogen and oxygen atoms in total. The molecule has 0 fully saturated rings. The summed E-state index contributed by atoms with van der Waals surface area (Å²) in [6, 6.07) is 60.1. The standard InChI is InChI=1S/C50H28N6/c51-29-32-9-13-35(14-10-32)38-17-19-46-42(27-38)40-5-1-3-7-44(40)55(46)48-25-34(31-53)26-49(50(48)37-21-23-54-24-22-37)56-45-8-4-2-6-41(45)43-28-39(18-20-47(43)56)36-15-11-33(30-52)12-16-36/h1-28H. The number of pyridine rings is 1. The highest BCUT2D eigenvalue weighted by atomic mass is 15.0. The van der Waals surface area contributed by atoms with E-state index in [9.17, 15) is 15.8 Å². The second-order valence-corrected chi connectivity index (χ2v) is 13.8. The van der Waals surface area contributed by atoms with Gasteiger partial charge < -0.3 is 9.13 Å². The summed E-state index contributed by atoms with van der Waals surface area (Å²) in [7, 11) is 0. The number of fused-ring (bicyclic) bond motifs is 6. The Morgan fingerprint density at radius 2 is 0.768 bits per heavy atom. The minimum atomic E-state index is 0.535. The van der Waals surface area contributed by atoms with Gasteiger partial charge >= 0.3 is 0 Å². The number of nitrogens with zero attached hydrogens (tertiary/aromatic N) is 6. The van der Waals surface area contributed by atoms with Gasteiger partial charge in [-0.3, -0.25) is 4.98 Å². The minimum absolute atomic E-state index is 0.535. The Balaban J connectivity index is 1.28. The Morgan fingerprint density at radius 3 is 1.21 bits per heavy atom. The molecule has 0 N–H and O–H groups in total. The molecular weight excluding hydrogens is 685 g/mol. The maximum Gasteiger partial charge on any atom is 0.0993 e. The lowest BCUT2D eigenvalue weighted by atomic mass is 9.98. The fraction of sp³-hybridized carbons (Fsp3) is 0. The van der Waals surface area contributed by atoms with Crippen LogP contribution in [-0.4, -0.2) is 14.1 Å². The molecule has 0 aliphatic heterocycles. The topological polar surface area (TPSA) is 94.1 Å². The SMILES string of the molecule is N#Cc1ccc(-c2ccc3c(c2)c2ccccc2n3-c2cc(C#N)cc(-n3c4ccccc4c4cc(-c5ccc(C#N)cc5)ccc43)c2-c2ccncc2)cc1. The molecule has 0 atom stereocenters. The van der Waals surface area contributed by atoms with Crippen LogP contribution in [0, 0.1) is 34.0 Å². The van der Waals surface area contributed by atoms with Crippen LogP contribution in [0.2, 0.25) is 0 Å². The molecule has 3 aromatic heterocycles. The molecule has 0 aliphatic carbocycles. The molecule has 7 aromatic carbocycles. The highest BCUT2D eigenvalue weighted by Gasteiger charge is 2.23. The lowest BCUT2D eigenvalue weighted by molar-refractivity contribution is 1.13. The summed E-state index contributed by atoms with van der Waals surface area (Å²) >= 11 is 0. The predicted octanol–water partition coefficient (Wildman–Crippen LogP) is 11.9. The van der Waals surface area contributed by atoms with Crippen molar-refractivity contribution < 1.29 is 0 Å². The average molecular weight is 713 g/mol. The van der Waals surface area contributed by atoms with Gasteiger partial charge in [-0.25, -0.2) is 0 Å². The minimum Gasteiger partial charge on any atom is -0.308 e. The first-order valence-electron chi connectivity index (χ1n) is 18.2. The normalized spacial score (nSPS) is 11.2. The molecule has 0 unspecified atom stereocenters. The maximum absolute atomic E-state index is 10.7. The monoisotopic (exact) mass is 712 g/mol. The number of aromatic nitrogens is 3. The van der Waals surface area contributed by atoms with Crippen molar-refractivity contribution in [3.8, 4) is 63.0 Å². The van der Waals surface area contributed by atoms with Crippen LogP contribution in [0.15, 0.2) is 170 Å². The van der Waals surface area contributed by atoms with E-state index < -0.39 is 0 Å². The highest BCUT2D eigenvalue weighted by molar-refractivity contribution is 6.13. The first-order valence-corrected chi connectivity index (χ1v) is 18.2. The number of nitriles is 3. The number of para-hydroxylation sites is 2. The van der Waals surface area contributed by atoms with Crippen molar-refractivity contribution in [1.82, 2.24) is 14.1 Å². The molecule has 0 saturated carbocycles. The molecule has 56 heavy (non-hydrogen) atoms. The molecule has 10 rings (SSSR count). The van der Waals surface area contributed by atoms with Crippen LogP contribution in [-0.2, 0) is 0 Å². The van der Waals surface area contributed by atoms with Gasteiger partial charge in [0.25, 0.3) is 0 Å². The molecule has 0 spiro atoms. The fourth-order valence-corrected chi connectivity index (χ4v) is 8.14. The number of hydrogen-bond donors (Lipinski definition) is 0. The van der Waals surface area contributed by atoms with Crippen molar-refractivity contribution in [2.75, 3.05) is 0 Å². The molecule has 258 valence electrons. The second-order valence-electron chi connectivity index (χ2n) is 13.8. The molecule has 0 amide bonds. The molecule has 0 bridgehead atoms. The third-order valence-electron chi connectivity index (χ3n) is 10.7. The lowest BCUT2D eigenvalue weighted by Crippen LogP contribution is -2.05. The van der Waals surface area contributed by atoms with E-state index in [1.807, 2.05) is 85.2 Å². The zero-order chi connectivity index (χ0) is 37.8. The Hall–Kier alpha value is -8.24. The predicted molar refractivity (Wildman–Crippen MR) is 223 cm³/mol. The van der Waals surface area contributed by atoms with E-state index in [0.717, 1.165) is 88.4 Å². The molecule has 0 saturated heterocycles. The summed E-state index contributed by atoms with van der Waals surface area (Å²) in [5, 5.41) is 33.8. The van der Waals surface area contributed by atoms with Crippen LogP contribution in [0.4, 0.5) is 0 Å². The van der Waals surface area contributed by atoms with Gasteiger partial charge in [-0.05, 0) is 113 Å². The summed E-state index contributed by atoms with van der Waals surface area (Å²) in [4.78, 5) is 4.39. The summed E-state index contributed by atoms with van der Waals surface area (Å²) < 4.78 is 4.56. The van der Waals surface area contributed by atoms with Crippen LogP contribution in [0.3, 0.4) is 0 Å². The Bertz CT molecular complexity index is 3120. The van der Waals surface area contributed by atoms with E-state index in [4.69, 9.17) is 0 Å². The molecule has 0 aliphatic rings. The van der Waals surface area contributed by atoms with Crippen molar-refractivity contribution in [3.63, 3.8) is 0 Å². The Kier molecular flexibility index (Phi) is 7.53. The lowest BCUT2D eigenvalue weighted by Gasteiger charge is -2.21. The third kappa shape index (κ3) is 5.12. The van der Waals surface area contributed by atoms with Gasteiger partial charge in [-0.2, -0.15) is 15.8 Å². The van der Waals surface area contributed by atoms with Gasteiger partial charge in [0.2, 0.25) is 0 Å². The molecular formula is C50H28N6. The molecule has 6 heteroatoms. The Morgan fingerprint density at radius 1 is 0.357 bits per heavy atom. The largest absolute Gasteiger partial charge is 0.308 e. The summed E-state index contributed by atoms with van der Waals surface area (Å²) in [6.07, 6.45) is 3.62. The van der Waals surface area contributed by atoms with Crippen molar-refractivity contribution >= 4 is 43.6 Å². The van der Waals surface area contributed by atoms with Gasteiger partial charge in [-0.1, -0.05) is 72.8 Å². The number of rotatable bonds is 5. The fourth-order valence-electron chi connectivity index (χ4n) is 8.14. The van der Waals surface area contributed by atoms with Crippen LogP contribution < -0.4 is 0 Å². The smallest absolute Gasteiger partial charge is 0.0993 e. The first kappa shape index (κ1) is 32.4. The molecule has 10 aromatic rings. The van der Waals surface area contributed by atoms with Crippen LogP contribution in [0.5, 0.6) is 0 Å². The highest BCUT2D eigenvalue weighted by Crippen LogP contribution is 2.43. The van der Waals surface area contributed by atoms with E-state index in [0.29, 0.717) is 16.7 Å². The first-order chi connectivity index (χ1) is 27.6. The number of hydrogen-bond acceptors (Lipinski definition) is 4. The van der Waals surface area contributed by atoms with E-state index in [1.54, 1.807) is 0 Å². The zero-order valence-electron chi connectivity index (χ0n) is 29.8. The van der Waals surface area contributed by atoms with Gasteiger partial charge in [-0.15, -0.1) is 0 Å². The van der Waals surface area contributed by atoms with Crippen molar-refractivity contribution in [2.24, 2.45) is 0 Å². The van der Waals surface area contributed by atoms with Crippen LogP contribution in [0.1, 0.15) is 16.7 Å². The molecule has 3 heterocycles. The van der Waals surface area contributed by atoms with E-state index in [-0.39, 0.29) is 0 Å². The molecule has 0 radical (unpaired) electrons. The van der Waals surface area contributed by atoms with Crippen molar-refractivity contribution in [2.45, 2.75) is 0 Å². The van der Waals surface area contributed by atoms with Gasteiger partial charge in [0.05, 0.1) is 68.3 Å². The average Bonchev–Trinajstić information content (AvgIpc) is 3.78. The maximum atomic E-state index is 10.7. The van der Waals surface area contributed by atoms with Crippen LogP contribution in [0.25, 0.3) is 88.4 Å². The van der Waals surface area contributed by atoms with Gasteiger partial charge in [0.1, 0.15) is 0 Å². The Labute approximate surface area is 322 Å². The van der Waals surface area contributed by atoms with Crippen LogP contribution >= 0.6 is 0 Å². The second kappa shape index (κ2) is 13.0. The summed E-state index contributed by atoms with van der Waals surface area (Å²) in [5.41, 5.74) is 13.7. The van der Waals surface area contributed by atoms with E-state index >= 15 is 0 Å². The zero-order valence-corrected chi connectivity index (χ0v) is 29.8. The van der Waals surface area contributed by atoms with Gasteiger partial charge in [0.15, 0.2) is 0 Å². The van der Waals surface area contributed by atoms with E-state index in [1.165, 1.54) is 0 Å². The summed E-state index contributed by atoms with van der Waals surface area (Å²) in [6.45, 7) is 0. The van der Waals surface area contributed by atoms with E-state index in [2.05, 4.69) is 117 Å². The van der Waals surface area contributed by atoms with Gasteiger partial charge in [0, 0.05) is 39.5 Å². The summed E-state index contributed by atoms with van der Waals surface area (Å²) in [5.74, 6) is 0. The third-order valence-corrected chi connectivity index (χ3v) is 10.7.